The average molecular weight is 311 g/mol. The largest absolute Gasteiger partial charge is 0.497 e. The molecular formula is C15H21NO4S. The maximum atomic E-state index is 12.0. The first-order chi connectivity index (χ1) is 9.74. The molecular weight excluding hydrogens is 290 g/mol. The van der Waals surface area contributed by atoms with E-state index in [2.05, 4.69) is 4.72 Å². The Labute approximate surface area is 127 Å². The fraction of sp³-hybridized carbons (Fsp3) is 0.400. The summed E-state index contributed by atoms with van der Waals surface area (Å²) < 4.78 is 19.1. The fourth-order valence-corrected chi connectivity index (χ4v) is 2.15. The summed E-state index contributed by atoms with van der Waals surface area (Å²) in [5, 5.41) is 9.18. The highest BCUT2D eigenvalue weighted by Gasteiger charge is 2.24. The Morgan fingerprint density at radius 3 is 2.33 bits per heavy atom. The third kappa shape index (κ3) is 5.69. The lowest BCUT2D eigenvalue weighted by atomic mass is 10.1. The van der Waals surface area contributed by atoms with Gasteiger partial charge in [0.1, 0.15) is 11.8 Å². The van der Waals surface area contributed by atoms with Crippen LogP contribution in [0.25, 0.3) is 6.08 Å². The number of rotatable bonds is 6. The Hall–Kier alpha value is -1.66. The molecule has 6 heteroatoms. The molecule has 1 aromatic rings. The molecule has 0 saturated heterocycles. The van der Waals surface area contributed by atoms with Crippen molar-refractivity contribution in [3.8, 4) is 5.75 Å². The normalized spacial score (nSPS) is 14.9. The molecule has 0 aliphatic rings. The molecule has 116 valence electrons. The molecule has 0 aromatic heterocycles. The van der Waals surface area contributed by atoms with Crippen LogP contribution >= 0.6 is 0 Å². The Kier molecular flexibility index (Phi) is 6.11. The maximum Gasteiger partial charge on any atom is 0.325 e. The number of aliphatic carboxylic acids is 1. The fourth-order valence-electron chi connectivity index (χ4n) is 1.39. The van der Waals surface area contributed by atoms with Crippen LogP contribution in [0.3, 0.4) is 0 Å². The van der Waals surface area contributed by atoms with Crippen LogP contribution in [-0.2, 0) is 15.8 Å². The summed E-state index contributed by atoms with van der Waals surface area (Å²) >= 11 is 0. The number of ether oxygens (including phenoxy) is 1. The zero-order valence-corrected chi connectivity index (χ0v) is 13.4. The highest BCUT2D eigenvalue weighted by atomic mass is 32.2. The van der Waals surface area contributed by atoms with Gasteiger partial charge in [0.25, 0.3) is 0 Å². The third-order valence-corrected chi connectivity index (χ3v) is 4.23. The van der Waals surface area contributed by atoms with Crippen LogP contribution in [0.5, 0.6) is 5.75 Å². The van der Waals surface area contributed by atoms with Crippen molar-refractivity contribution in [3.63, 3.8) is 0 Å². The highest BCUT2D eigenvalue weighted by Crippen LogP contribution is 2.13. The summed E-state index contributed by atoms with van der Waals surface area (Å²) in [5.74, 6) is -0.341. The van der Waals surface area contributed by atoms with Crippen LogP contribution in [0.15, 0.2) is 30.3 Å². The molecule has 0 unspecified atom stereocenters. The number of carbonyl (C=O) groups is 1. The zero-order chi connectivity index (χ0) is 16.0. The van der Waals surface area contributed by atoms with Gasteiger partial charge in [-0.2, -0.15) is 0 Å². The molecule has 2 atom stereocenters. The standard InChI is InChI=1S/C15H21NO4S/c1-15(2,3)21(19)16-13(14(17)18)10-7-11-5-8-12(20-4)9-6-11/h5-10,13,16H,1-4H3,(H,17,18)/b10-7+/t13-,21-/m0/s1. The monoisotopic (exact) mass is 311 g/mol. The summed E-state index contributed by atoms with van der Waals surface area (Å²) in [4.78, 5) is 11.2. The van der Waals surface area contributed by atoms with Gasteiger partial charge in [-0.1, -0.05) is 24.3 Å². The minimum Gasteiger partial charge on any atom is -0.497 e. The second-order valence-electron chi connectivity index (χ2n) is 5.45. The lowest BCUT2D eigenvalue weighted by Gasteiger charge is -2.20. The van der Waals surface area contributed by atoms with Gasteiger partial charge in [0, 0.05) is 0 Å². The molecule has 0 saturated carbocycles. The minimum absolute atomic E-state index is 0.526. The lowest BCUT2D eigenvalue weighted by Crippen LogP contribution is -2.42. The topological polar surface area (TPSA) is 75.6 Å². The Balaban J connectivity index is 2.80. The van der Waals surface area contributed by atoms with Gasteiger partial charge < -0.3 is 9.84 Å². The summed E-state index contributed by atoms with van der Waals surface area (Å²) in [7, 11) is 0.127. The number of hydrogen-bond acceptors (Lipinski definition) is 3. The SMILES string of the molecule is COc1ccc(/C=C/[C@H](N[S@@](=O)C(C)(C)C)C(=O)O)cc1. The summed E-state index contributed by atoms with van der Waals surface area (Å²) in [6, 6.07) is 6.20. The molecule has 0 radical (unpaired) electrons. The Morgan fingerprint density at radius 1 is 1.33 bits per heavy atom. The van der Waals surface area contributed by atoms with Crippen LogP contribution in [0.1, 0.15) is 26.3 Å². The van der Waals surface area contributed by atoms with Gasteiger partial charge in [0.15, 0.2) is 0 Å². The van der Waals surface area contributed by atoms with E-state index in [0.717, 1.165) is 11.3 Å². The van der Waals surface area contributed by atoms with Crippen molar-refractivity contribution in [1.29, 1.82) is 0 Å². The minimum atomic E-state index is -1.45. The molecule has 5 nitrogen and oxygen atoms in total. The predicted octanol–water partition coefficient (Wildman–Crippen LogP) is 2.21. The van der Waals surface area contributed by atoms with Crippen molar-refractivity contribution in [2.45, 2.75) is 31.6 Å². The molecule has 0 amide bonds. The second kappa shape index (κ2) is 7.38. The van der Waals surface area contributed by atoms with Crippen LogP contribution in [0, 0.1) is 0 Å². The molecule has 0 aliphatic carbocycles. The van der Waals surface area contributed by atoms with E-state index in [1.54, 1.807) is 46.1 Å². The quantitative estimate of drug-likeness (QED) is 0.844. The first-order valence-corrected chi connectivity index (χ1v) is 7.62. The first kappa shape index (κ1) is 17.4. The van der Waals surface area contributed by atoms with E-state index in [-0.39, 0.29) is 0 Å². The molecule has 1 rings (SSSR count). The number of nitrogens with one attached hydrogen (secondary N) is 1. The van der Waals surface area contributed by atoms with E-state index in [9.17, 15) is 14.1 Å². The number of carboxylic acid groups (broad SMARTS) is 1. The van der Waals surface area contributed by atoms with Gasteiger partial charge in [0.05, 0.1) is 22.8 Å². The molecule has 0 spiro atoms. The molecule has 0 aliphatic heterocycles. The van der Waals surface area contributed by atoms with Crippen molar-refractivity contribution in [1.82, 2.24) is 4.72 Å². The van der Waals surface area contributed by atoms with E-state index in [1.807, 2.05) is 12.1 Å². The van der Waals surface area contributed by atoms with E-state index in [0.29, 0.717) is 0 Å². The Morgan fingerprint density at radius 2 is 1.90 bits per heavy atom. The van der Waals surface area contributed by atoms with Crippen molar-refractivity contribution in [2.24, 2.45) is 0 Å². The molecule has 21 heavy (non-hydrogen) atoms. The van der Waals surface area contributed by atoms with Crippen LogP contribution in [0.4, 0.5) is 0 Å². The van der Waals surface area contributed by atoms with Crippen molar-refractivity contribution in [3.05, 3.63) is 35.9 Å². The van der Waals surface area contributed by atoms with Crippen LogP contribution in [0.2, 0.25) is 0 Å². The lowest BCUT2D eigenvalue weighted by molar-refractivity contribution is -0.137. The van der Waals surface area contributed by atoms with Crippen molar-refractivity contribution < 1.29 is 18.8 Å². The number of hydrogen-bond donors (Lipinski definition) is 2. The third-order valence-electron chi connectivity index (χ3n) is 2.65. The van der Waals surface area contributed by atoms with E-state index in [4.69, 9.17) is 4.74 Å². The van der Waals surface area contributed by atoms with Gasteiger partial charge >= 0.3 is 5.97 Å². The maximum absolute atomic E-state index is 12.0. The van der Waals surface area contributed by atoms with Crippen molar-refractivity contribution in [2.75, 3.05) is 7.11 Å². The second-order valence-corrected chi connectivity index (χ2v) is 7.45. The molecule has 0 fully saturated rings. The molecule has 0 heterocycles. The average Bonchev–Trinajstić information content (AvgIpc) is 2.42. The number of methoxy groups -OCH3 is 1. The molecule has 1 aromatic carbocycles. The predicted molar refractivity (Wildman–Crippen MR) is 84.5 cm³/mol. The smallest absolute Gasteiger partial charge is 0.325 e. The van der Waals surface area contributed by atoms with Crippen LogP contribution in [-0.4, -0.2) is 33.2 Å². The number of carboxylic acids is 1. The van der Waals surface area contributed by atoms with Gasteiger partial charge in [-0.3, -0.25) is 4.79 Å². The summed E-state index contributed by atoms with van der Waals surface area (Å²) in [6.45, 7) is 5.34. The van der Waals surface area contributed by atoms with E-state index >= 15 is 0 Å². The zero-order valence-electron chi connectivity index (χ0n) is 12.6. The van der Waals surface area contributed by atoms with E-state index < -0.39 is 27.7 Å². The summed E-state index contributed by atoms with van der Waals surface area (Å²) in [5.41, 5.74) is 0.838. The molecule has 0 bridgehead atoms. The highest BCUT2D eigenvalue weighted by molar-refractivity contribution is 7.84. The van der Waals surface area contributed by atoms with Gasteiger partial charge in [-0.15, -0.1) is 0 Å². The van der Waals surface area contributed by atoms with Gasteiger partial charge in [-0.05, 0) is 38.5 Å². The van der Waals surface area contributed by atoms with Gasteiger partial charge in [-0.25, -0.2) is 8.93 Å². The number of benzene rings is 1. The Bertz CT molecular complexity index is 532. The van der Waals surface area contributed by atoms with Crippen LogP contribution < -0.4 is 9.46 Å². The first-order valence-electron chi connectivity index (χ1n) is 6.47. The molecule has 2 N–H and O–H groups in total. The van der Waals surface area contributed by atoms with Crippen molar-refractivity contribution >= 4 is 23.0 Å². The summed E-state index contributed by atoms with van der Waals surface area (Å²) in [6.07, 6.45) is 3.15. The van der Waals surface area contributed by atoms with Gasteiger partial charge in [0.2, 0.25) is 0 Å². The van der Waals surface area contributed by atoms with E-state index in [1.165, 1.54) is 6.08 Å².